The summed E-state index contributed by atoms with van der Waals surface area (Å²) >= 11 is 0. The van der Waals surface area contributed by atoms with E-state index in [1.165, 1.54) is 0 Å². The third-order valence-corrected chi connectivity index (χ3v) is 5.62. The lowest BCUT2D eigenvalue weighted by Crippen LogP contribution is -2.45. The predicted octanol–water partition coefficient (Wildman–Crippen LogP) is 4.10. The van der Waals surface area contributed by atoms with E-state index < -0.39 is 0 Å². The Kier molecular flexibility index (Phi) is 7.06. The van der Waals surface area contributed by atoms with Crippen molar-refractivity contribution in [3.8, 4) is 17.2 Å². The molecule has 3 aromatic rings. The third kappa shape index (κ3) is 5.33. The molecular weight excluding hydrogens is 436 g/mol. The molecule has 0 saturated heterocycles. The summed E-state index contributed by atoms with van der Waals surface area (Å²) in [6, 6.07) is 15.9. The maximum Gasteiger partial charge on any atom is 0.254 e. The van der Waals surface area contributed by atoms with Crippen LogP contribution in [0.4, 0.5) is 0 Å². The summed E-state index contributed by atoms with van der Waals surface area (Å²) < 4.78 is 21.5. The number of methoxy groups -OCH3 is 1. The van der Waals surface area contributed by atoms with Crippen molar-refractivity contribution in [2.24, 2.45) is 0 Å². The Morgan fingerprint density at radius 2 is 1.76 bits per heavy atom. The normalized spacial score (nSPS) is 12.0. The Balaban J connectivity index is 1.53. The zero-order valence-electron chi connectivity index (χ0n) is 19.5. The SMILES string of the molecule is COc1ccc(C(=O)N(CC(=O)N(Cc2ccc3c(c2)OCO3)Cc2ccco2)C(C)C)cc1. The quantitative estimate of drug-likeness (QED) is 0.474. The van der Waals surface area contributed by atoms with Gasteiger partial charge in [0.2, 0.25) is 12.7 Å². The van der Waals surface area contributed by atoms with E-state index in [-0.39, 0.29) is 37.7 Å². The van der Waals surface area contributed by atoms with Crippen LogP contribution in [0.5, 0.6) is 17.2 Å². The first-order valence-corrected chi connectivity index (χ1v) is 11.1. The molecular formula is C26H28N2O6. The molecule has 2 heterocycles. The van der Waals surface area contributed by atoms with Crippen molar-refractivity contribution < 1.29 is 28.2 Å². The molecule has 0 N–H and O–H groups in total. The molecule has 2 aromatic carbocycles. The summed E-state index contributed by atoms with van der Waals surface area (Å²) in [4.78, 5) is 29.9. The first-order chi connectivity index (χ1) is 16.4. The minimum absolute atomic E-state index is 0.0617. The van der Waals surface area contributed by atoms with Crippen molar-refractivity contribution in [1.29, 1.82) is 0 Å². The molecule has 0 atom stereocenters. The van der Waals surface area contributed by atoms with Crippen molar-refractivity contribution in [3.05, 3.63) is 77.7 Å². The fraction of sp³-hybridized carbons (Fsp3) is 0.308. The summed E-state index contributed by atoms with van der Waals surface area (Å²) in [5.41, 5.74) is 1.39. The van der Waals surface area contributed by atoms with Crippen LogP contribution in [0.2, 0.25) is 0 Å². The summed E-state index contributed by atoms with van der Waals surface area (Å²) in [6.07, 6.45) is 1.58. The van der Waals surface area contributed by atoms with Crippen molar-refractivity contribution in [1.82, 2.24) is 9.80 Å². The van der Waals surface area contributed by atoms with E-state index in [0.29, 0.717) is 35.1 Å². The second kappa shape index (κ2) is 10.3. The van der Waals surface area contributed by atoms with Gasteiger partial charge in [-0.3, -0.25) is 9.59 Å². The lowest BCUT2D eigenvalue weighted by molar-refractivity contribution is -0.133. The smallest absolute Gasteiger partial charge is 0.254 e. The first-order valence-electron chi connectivity index (χ1n) is 11.1. The van der Waals surface area contributed by atoms with E-state index >= 15 is 0 Å². The number of rotatable bonds is 9. The van der Waals surface area contributed by atoms with E-state index in [4.69, 9.17) is 18.6 Å². The van der Waals surface area contributed by atoms with Gasteiger partial charge in [-0.2, -0.15) is 0 Å². The van der Waals surface area contributed by atoms with Gasteiger partial charge in [-0.1, -0.05) is 6.07 Å². The average molecular weight is 465 g/mol. The van der Waals surface area contributed by atoms with Crippen LogP contribution in [0.25, 0.3) is 0 Å². The van der Waals surface area contributed by atoms with Gasteiger partial charge in [0.05, 0.1) is 19.9 Å². The monoisotopic (exact) mass is 464 g/mol. The molecule has 1 aliphatic rings. The Morgan fingerprint density at radius 1 is 1.00 bits per heavy atom. The molecule has 0 aliphatic carbocycles. The highest BCUT2D eigenvalue weighted by molar-refractivity contribution is 5.96. The number of benzene rings is 2. The molecule has 4 rings (SSSR count). The number of carbonyl (C=O) groups is 2. The number of hydrogen-bond donors (Lipinski definition) is 0. The van der Waals surface area contributed by atoms with E-state index in [9.17, 15) is 9.59 Å². The van der Waals surface area contributed by atoms with Crippen LogP contribution >= 0.6 is 0 Å². The molecule has 8 nitrogen and oxygen atoms in total. The van der Waals surface area contributed by atoms with Crippen molar-refractivity contribution >= 4 is 11.8 Å². The van der Waals surface area contributed by atoms with E-state index in [1.54, 1.807) is 53.5 Å². The maximum atomic E-state index is 13.5. The number of hydrogen-bond acceptors (Lipinski definition) is 6. The summed E-state index contributed by atoms with van der Waals surface area (Å²) in [6.45, 7) is 4.52. The van der Waals surface area contributed by atoms with Gasteiger partial charge in [0.1, 0.15) is 18.1 Å². The van der Waals surface area contributed by atoms with Crippen LogP contribution in [0.3, 0.4) is 0 Å². The maximum absolute atomic E-state index is 13.5. The zero-order chi connectivity index (χ0) is 24.1. The topological polar surface area (TPSA) is 81.5 Å². The van der Waals surface area contributed by atoms with Crippen molar-refractivity contribution in [2.45, 2.75) is 33.0 Å². The van der Waals surface area contributed by atoms with Crippen molar-refractivity contribution in [3.63, 3.8) is 0 Å². The van der Waals surface area contributed by atoms with Crippen LogP contribution in [0.1, 0.15) is 35.5 Å². The fourth-order valence-corrected chi connectivity index (χ4v) is 3.72. The molecule has 0 radical (unpaired) electrons. The van der Waals surface area contributed by atoms with Gasteiger partial charge >= 0.3 is 0 Å². The zero-order valence-corrected chi connectivity index (χ0v) is 19.5. The molecule has 0 saturated carbocycles. The van der Waals surface area contributed by atoms with Gasteiger partial charge in [-0.05, 0) is 67.9 Å². The molecule has 178 valence electrons. The predicted molar refractivity (Wildman–Crippen MR) is 125 cm³/mol. The third-order valence-electron chi connectivity index (χ3n) is 5.62. The second-order valence-corrected chi connectivity index (χ2v) is 8.27. The average Bonchev–Trinajstić information content (AvgIpc) is 3.53. The number of ether oxygens (including phenoxy) is 3. The van der Waals surface area contributed by atoms with Crippen molar-refractivity contribution in [2.75, 3.05) is 20.4 Å². The van der Waals surface area contributed by atoms with Crippen LogP contribution in [-0.2, 0) is 17.9 Å². The van der Waals surface area contributed by atoms with Gasteiger partial charge < -0.3 is 28.4 Å². The second-order valence-electron chi connectivity index (χ2n) is 8.27. The van der Waals surface area contributed by atoms with Gasteiger partial charge in [-0.25, -0.2) is 0 Å². The fourth-order valence-electron chi connectivity index (χ4n) is 3.72. The molecule has 1 aliphatic heterocycles. The highest BCUT2D eigenvalue weighted by Crippen LogP contribution is 2.33. The van der Waals surface area contributed by atoms with Gasteiger partial charge in [-0.15, -0.1) is 0 Å². The lowest BCUT2D eigenvalue weighted by atomic mass is 10.1. The molecule has 0 spiro atoms. The van der Waals surface area contributed by atoms with Crippen LogP contribution in [-0.4, -0.2) is 48.1 Å². The van der Waals surface area contributed by atoms with E-state index in [0.717, 1.165) is 5.56 Å². The van der Waals surface area contributed by atoms with Gasteiger partial charge in [0, 0.05) is 18.2 Å². The highest BCUT2D eigenvalue weighted by atomic mass is 16.7. The Morgan fingerprint density at radius 3 is 2.44 bits per heavy atom. The Bertz CT molecular complexity index is 1120. The number of nitrogens with zero attached hydrogens (tertiary/aromatic N) is 2. The minimum Gasteiger partial charge on any atom is -0.497 e. The Hall–Kier alpha value is -3.94. The van der Waals surface area contributed by atoms with E-state index in [1.807, 2.05) is 38.1 Å². The number of carbonyl (C=O) groups excluding carboxylic acids is 2. The summed E-state index contributed by atoms with van der Waals surface area (Å²) in [7, 11) is 1.57. The van der Waals surface area contributed by atoms with E-state index in [2.05, 4.69) is 0 Å². The number of amides is 2. The standard InChI is InChI=1S/C26H28N2O6/c1-18(2)28(26(30)20-7-9-21(31-3)10-8-20)16-25(29)27(15-22-5-4-12-32-22)14-19-6-11-23-24(13-19)34-17-33-23/h4-13,18H,14-17H2,1-3H3. The number of furan rings is 1. The van der Waals surface area contributed by atoms with Crippen LogP contribution in [0.15, 0.2) is 65.3 Å². The Labute approximate surface area is 198 Å². The largest absolute Gasteiger partial charge is 0.497 e. The molecule has 1 aromatic heterocycles. The molecule has 0 bridgehead atoms. The van der Waals surface area contributed by atoms with Gasteiger partial charge in [0.15, 0.2) is 11.5 Å². The molecule has 2 amide bonds. The summed E-state index contributed by atoms with van der Waals surface area (Å²) in [5.74, 6) is 2.26. The molecule has 0 fully saturated rings. The summed E-state index contributed by atoms with van der Waals surface area (Å²) in [5, 5.41) is 0. The lowest BCUT2D eigenvalue weighted by Gasteiger charge is -2.30. The highest BCUT2D eigenvalue weighted by Gasteiger charge is 2.26. The van der Waals surface area contributed by atoms with Gasteiger partial charge in [0.25, 0.3) is 5.91 Å². The minimum atomic E-state index is -0.216. The molecule has 34 heavy (non-hydrogen) atoms. The number of fused-ring (bicyclic) bond motifs is 1. The van der Waals surface area contributed by atoms with Crippen LogP contribution < -0.4 is 14.2 Å². The molecule has 0 unspecified atom stereocenters. The van der Waals surface area contributed by atoms with Crippen LogP contribution in [0, 0.1) is 0 Å². The first kappa shape index (κ1) is 23.2. The molecule has 8 heteroatoms.